The fourth-order valence-electron chi connectivity index (χ4n) is 2.76. The molecule has 21 heavy (non-hydrogen) atoms. The highest BCUT2D eigenvalue weighted by molar-refractivity contribution is 5.47. The van der Waals surface area contributed by atoms with Crippen LogP contribution in [0.1, 0.15) is 30.5 Å². The Morgan fingerprint density at radius 3 is 2.90 bits per heavy atom. The second-order valence-corrected chi connectivity index (χ2v) is 5.12. The quantitative estimate of drug-likeness (QED) is 0.886. The zero-order chi connectivity index (χ0) is 15.0. The fraction of sp³-hybridized carbons (Fsp3) is 0.333. The predicted octanol–water partition coefficient (Wildman–Crippen LogP) is 1.80. The van der Waals surface area contributed by atoms with Gasteiger partial charge in [-0.05, 0) is 37.5 Å². The van der Waals surface area contributed by atoms with Gasteiger partial charge in [0.15, 0.2) is 0 Å². The third-order valence-electron chi connectivity index (χ3n) is 3.85. The van der Waals surface area contributed by atoms with E-state index in [1.54, 1.807) is 13.0 Å². The van der Waals surface area contributed by atoms with E-state index in [-0.39, 0.29) is 17.4 Å². The number of nitrogens with zero attached hydrogens (tertiary/aromatic N) is 1. The highest BCUT2D eigenvalue weighted by Crippen LogP contribution is 2.29. The van der Waals surface area contributed by atoms with Gasteiger partial charge in [0.1, 0.15) is 11.6 Å². The van der Waals surface area contributed by atoms with Crippen LogP contribution >= 0.6 is 0 Å². The maximum atomic E-state index is 13.3. The summed E-state index contributed by atoms with van der Waals surface area (Å²) in [7, 11) is 0. The van der Waals surface area contributed by atoms with Crippen molar-refractivity contribution in [3.8, 4) is 0 Å². The van der Waals surface area contributed by atoms with Gasteiger partial charge in [-0.3, -0.25) is 14.3 Å². The van der Waals surface area contributed by atoms with Gasteiger partial charge in [0.05, 0.1) is 11.6 Å². The van der Waals surface area contributed by atoms with Crippen LogP contribution in [0.15, 0.2) is 33.9 Å². The van der Waals surface area contributed by atoms with E-state index in [0.717, 1.165) is 5.56 Å². The van der Waals surface area contributed by atoms with Gasteiger partial charge in [-0.2, -0.15) is 0 Å². The Balaban J connectivity index is 2.00. The summed E-state index contributed by atoms with van der Waals surface area (Å²) in [6.07, 6.45) is 1.24. The Hall–Kier alpha value is -2.37. The molecule has 0 radical (unpaired) electrons. The van der Waals surface area contributed by atoms with Crippen LogP contribution in [-0.4, -0.2) is 9.55 Å². The first-order chi connectivity index (χ1) is 10.1. The maximum Gasteiger partial charge on any atom is 0.329 e. The summed E-state index contributed by atoms with van der Waals surface area (Å²) in [5.74, 6) is 0.158. The van der Waals surface area contributed by atoms with Crippen LogP contribution in [0.2, 0.25) is 0 Å². The lowest BCUT2D eigenvalue weighted by Crippen LogP contribution is -2.39. The molecular weight excluding hydrogens is 273 g/mol. The van der Waals surface area contributed by atoms with Crippen molar-refractivity contribution in [2.75, 3.05) is 5.32 Å². The van der Waals surface area contributed by atoms with Crippen molar-refractivity contribution in [1.82, 2.24) is 9.55 Å². The number of anilines is 1. The van der Waals surface area contributed by atoms with E-state index in [9.17, 15) is 14.0 Å². The van der Waals surface area contributed by atoms with Crippen molar-refractivity contribution < 1.29 is 4.39 Å². The monoisotopic (exact) mass is 289 g/mol. The van der Waals surface area contributed by atoms with Crippen molar-refractivity contribution in [2.24, 2.45) is 0 Å². The van der Waals surface area contributed by atoms with Gasteiger partial charge in [0.25, 0.3) is 5.56 Å². The van der Waals surface area contributed by atoms with E-state index >= 15 is 0 Å². The summed E-state index contributed by atoms with van der Waals surface area (Å²) < 4.78 is 14.5. The molecule has 0 bridgehead atoms. The van der Waals surface area contributed by atoms with Crippen LogP contribution in [0.5, 0.6) is 0 Å². The fourth-order valence-corrected chi connectivity index (χ4v) is 2.76. The minimum Gasteiger partial charge on any atom is -0.364 e. The maximum absolute atomic E-state index is 13.3. The van der Waals surface area contributed by atoms with Gasteiger partial charge in [-0.15, -0.1) is 0 Å². The summed E-state index contributed by atoms with van der Waals surface area (Å²) in [5.41, 5.74) is 0.723. The summed E-state index contributed by atoms with van der Waals surface area (Å²) in [4.78, 5) is 26.8. The molecule has 6 heteroatoms. The molecule has 2 N–H and O–H groups in total. The highest BCUT2D eigenvalue weighted by Gasteiger charge is 2.23. The molecule has 110 valence electrons. The summed E-state index contributed by atoms with van der Waals surface area (Å²) in [6.45, 7) is 2.10. The van der Waals surface area contributed by atoms with Crippen molar-refractivity contribution in [3.05, 3.63) is 62.0 Å². The van der Waals surface area contributed by atoms with E-state index in [1.807, 2.05) is 6.07 Å². The van der Waals surface area contributed by atoms with E-state index in [2.05, 4.69) is 10.3 Å². The number of benzene rings is 1. The molecule has 1 atom stereocenters. The zero-order valence-corrected chi connectivity index (χ0v) is 11.6. The molecule has 0 saturated carbocycles. The Kier molecular flexibility index (Phi) is 3.37. The molecule has 1 aromatic carbocycles. The molecule has 1 aromatic heterocycles. The lowest BCUT2D eigenvalue weighted by Gasteiger charge is -2.26. The Labute approximate surface area is 120 Å². The van der Waals surface area contributed by atoms with Crippen LogP contribution in [0, 0.1) is 5.82 Å². The van der Waals surface area contributed by atoms with Gasteiger partial charge < -0.3 is 5.32 Å². The van der Waals surface area contributed by atoms with Gasteiger partial charge >= 0.3 is 5.69 Å². The number of aromatic amines is 1. The lowest BCUT2D eigenvalue weighted by atomic mass is 9.96. The van der Waals surface area contributed by atoms with Crippen molar-refractivity contribution in [2.45, 2.75) is 32.4 Å². The van der Waals surface area contributed by atoms with Gasteiger partial charge in [-0.25, -0.2) is 9.18 Å². The molecule has 5 nitrogen and oxygen atoms in total. The van der Waals surface area contributed by atoms with E-state index < -0.39 is 5.69 Å². The molecule has 0 amide bonds. The molecule has 1 unspecified atom stereocenters. The molecule has 2 heterocycles. The van der Waals surface area contributed by atoms with Gasteiger partial charge in [0.2, 0.25) is 0 Å². The molecule has 1 aliphatic rings. The number of aromatic nitrogens is 2. The number of nitrogens with one attached hydrogen (secondary N) is 2. The summed E-state index contributed by atoms with van der Waals surface area (Å²) in [6, 6.07) is 6.23. The second-order valence-electron chi connectivity index (χ2n) is 5.12. The first-order valence-corrected chi connectivity index (χ1v) is 6.98. The minimum atomic E-state index is -0.423. The highest BCUT2D eigenvalue weighted by atomic mass is 19.1. The summed E-state index contributed by atoms with van der Waals surface area (Å²) >= 11 is 0. The number of fused-ring (bicyclic) bond motifs is 1. The predicted molar refractivity (Wildman–Crippen MR) is 78.1 cm³/mol. The first-order valence-electron chi connectivity index (χ1n) is 6.98. The summed E-state index contributed by atoms with van der Waals surface area (Å²) in [5, 5.41) is 3.14. The van der Waals surface area contributed by atoms with Gasteiger partial charge in [0, 0.05) is 6.54 Å². The van der Waals surface area contributed by atoms with Crippen molar-refractivity contribution in [3.63, 3.8) is 0 Å². The molecule has 2 aromatic rings. The van der Waals surface area contributed by atoms with E-state index in [0.29, 0.717) is 30.8 Å². The normalized spacial score (nSPS) is 17.1. The van der Waals surface area contributed by atoms with Crippen LogP contribution in [-0.2, 0) is 13.0 Å². The Morgan fingerprint density at radius 2 is 2.19 bits per heavy atom. The van der Waals surface area contributed by atoms with Crippen LogP contribution in [0.25, 0.3) is 0 Å². The average molecular weight is 289 g/mol. The molecular formula is C15H16FN3O2. The molecule has 0 spiro atoms. The second kappa shape index (κ2) is 5.20. The van der Waals surface area contributed by atoms with E-state index in [1.165, 1.54) is 16.7 Å². The van der Waals surface area contributed by atoms with Crippen LogP contribution < -0.4 is 16.6 Å². The average Bonchev–Trinajstić information content (AvgIpc) is 2.47. The number of hydrogen-bond donors (Lipinski definition) is 2. The minimum absolute atomic E-state index is 0.110. The largest absolute Gasteiger partial charge is 0.364 e. The van der Waals surface area contributed by atoms with Crippen molar-refractivity contribution >= 4 is 5.82 Å². The number of rotatable bonds is 2. The third-order valence-corrected chi connectivity index (χ3v) is 3.85. The first kappa shape index (κ1) is 13.6. The Bertz CT molecular complexity index is 794. The number of hydrogen-bond acceptors (Lipinski definition) is 3. The van der Waals surface area contributed by atoms with Gasteiger partial charge in [-0.1, -0.05) is 12.1 Å². The molecule has 1 aliphatic heterocycles. The lowest BCUT2D eigenvalue weighted by molar-refractivity contribution is 0.598. The van der Waals surface area contributed by atoms with E-state index in [4.69, 9.17) is 0 Å². The van der Waals surface area contributed by atoms with Crippen LogP contribution in [0.3, 0.4) is 0 Å². The molecule has 0 saturated heterocycles. The molecule has 3 rings (SSSR count). The standard InChI is InChI=1S/C15H16FN3O2/c1-2-19-14(20)11-6-7-12(17-13(11)18-15(19)21)9-4-3-5-10(16)8-9/h3-5,8,12,17H,2,6-7H2,1H3,(H,18,21). The number of halogens is 1. The topological polar surface area (TPSA) is 66.9 Å². The number of H-pyrrole nitrogens is 1. The van der Waals surface area contributed by atoms with Crippen LogP contribution in [0.4, 0.5) is 10.2 Å². The third kappa shape index (κ3) is 2.37. The Morgan fingerprint density at radius 1 is 1.38 bits per heavy atom. The molecule has 0 fully saturated rings. The molecule has 0 aliphatic carbocycles. The van der Waals surface area contributed by atoms with Crippen molar-refractivity contribution in [1.29, 1.82) is 0 Å². The zero-order valence-electron chi connectivity index (χ0n) is 11.6. The smallest absolute Gasteiger partial charge is 0.329 e. The SMILES string of the molecule is CCn1c(=O)[nH]c2c(c1=O)CCC(c1cccc(F)c1)N2.